The number of aromatic nitrogens is 1. The Hall–Kier alpha value is -3.57. The summed E-state index contributed by atoms with van der Waals surface area (Å²) in [5, 5.41) is 12.2. The van der Waals surface area contributed by atoms with E-state index in [4.69, 9.17) is 10.00 Å². The monoisotopic (exact) mass is 394 g/mol. The highest BCUT2D eigenvalue weighted by Gasteiger charge is 2.18. The van der Waals surface area contributed by atoms with Gasteiger partial charge in [0.15, 0.2) is 0 Å². The van der Waals surface area contributed by atoms with Gasteiger partial charge in [-0.3, -0.25) is 4.72 Å². The van der Waals surface area contributed by atoms with Crippen LogP contribution in [0.2, 0.25) is 0 Å². The molecule has 2 N–H and O–H groups in total. The molecule has 0 amide bonds. The van der Waals surface area contributed by atoms with E-state index in [2.05, 4.69) is 21.1 Å². The summed E-state index contributed by atoms with van der Waals surface area (Å²) < 4.78 is 32.8. The minimum Gasteiger partial charge on any atom is -0.497 e. The van der Waals surface area contributed by atoms with E-state index in [9.17, 15) is 8.42 Å². The van der Waals surface area contributed by atoms with Crippen LogP contribution >= 0.6 is 0 Å². The highest BCUT2D eigenvalue weighted by Crippen LogP contribution is 2.24. The van der Waals surface area contributed by atoms with E-state index < -0.39 is 10.0 Å². The first-order valence-electron chi connectivity index (χ1n) is 8.32. The van der Waals surface area contributed by atoms with Crippen molar-refractivity contribution >= 4 is 27.2 Å². The fraction of sp³-hybridized carbons (Fsp3) is 0.100. The maximum Gasteiger partial charge on any atom is 0.263 e. The molecule has 1 heterocycles. The first kappa shape index (κ1) is 19.2. The molecular formula is C20H18N4O3S. The second kappa shape index (κ2) is 7.98. The van der Waals surface area contributed by atoms with E-state index in [-0.39, 0.29) is 10.7 Å². The molecule has 0 spiro atoms. The molecule has 7 nitrogen and oxygen atoms in total. The van der Waals surface area contributed by atoms with Crippen LogP contribution in [0, 0.1) is 18.3 Å². The van der Waals surface area contributed by atoms with Gasteiger partial charge in [0.25, 0.3) is 10.0 Å². The van der Waals surface area contributed by atoms with Crippen LogP contribution < -0.4 is 14.8 Å². The molecule has 8 heteroatoms. The van der Waals surface area contributed by atoms with Gasteiger partial charge in [-0.2, -0.15) is 5.26 Å². The molecule has 0 atom stereocenters. The maximum absolute atomic E-state index is 12.6. The van der Waals surface area contributed by atoms with Gasteiger partial charge in [-0.05, 0) is 55.0 Å². The zero-order valence-electron chi connectivity index (χ0n) is 15.3. The summed E-state index contributed by atoms with van der Waals surface area (Å²) in [4.78, 5) is 4.30. The Labute approximate surface area is 163 Å². The number of hydrogen-bond acceptors (Lipinski definition) is 6. The second-order valence-corrected chi connectivity index (χ2v) is 7.60. The number of hydrogen-bond donors (Lipinski definition) is 2. The Morgan fingerprint density at radius 3 is 2.54 bits per heavy atom. The van der Waals surface area contributed by atoms with Crippen molar-refractivity contribution in [2.45, 2.75) is 11.8 Å². The molecule has 0 fully saturated rings. The number of nitriles is 1. The molecule has 2 aromatic carbocycles. The number of para-hydroxylation sites is 1. The van der Waals surface area contributed by atoms with Crippen LogP contribution in [0.25, 0.3) is 0 Å². The van der Waals surface area contributed by atoms with Crippen molar-refractivity contribution in [2.75, 3.05) is 17.1 Å². The molecule has 0 aliphatic heterocycles. The van der Waals surface area contributed by atoms with Crippen molar-refractivity contribution in [3.63, 3.8) is 0 Å². The number of methoxy groups -OCH3 is 1. The van der Waals surface area contributed by atoms with Gasteiger partial charge in [0.05, 0.1) is 35.1 Å². The maximum atomic E-state index is 12.6. The average Bonchev–Trinajstić information content (AvgIpc) is 2.69. The standard InChI is InChI=1S/C20H18N4O3S/c1-14-11-17(27-2)8-9-19(14)28(25,26)24-20-10-7-16(13-22-20)23-18-6-4-3-5-15(18)12-21/h3-11,13,23H,1-2H3,(H,22,24). The van der Waals surface area contributed by atoms with Crippen LogP contribution in [-0.2, 0) is 10.0 Å². The topological polar surface area (TPSA) is 104 Å². The van der Waals surface area contributed by atoms with Crippen molar-refractivity contribution in [2.24, 2.45) is 0 Å². The number of rotatable bonds is 6. The molecule has 0 saturated heterocycles. The average molecular weight is 394 g/mol. The summed E-state index contributed by atoms with van der Waals surface area (Å²) in [7, 11) is -2.26. The van der Waals surface area contributed by atoms with E-state index in [1.807, 2.05) is 6.07 Å². The summed E-state index contributed by atoms with van der Waals surface area (Å²) in [6, 6.07) is 17.2. The Morgan fingerprint density at radius 2 is 1.89 bits per heavy atom. The molecule has 0 aliphatic carbocycles. The van der Waals surface area contributed by atoms with Gasteiger partial charge in [0, 0.05) is 0 Å². The van der Waals surface area contributed by atoms with Gasteiger partial charge in [0.1, 0.15) is 17.6 Å². The number of pyridine rings is 1. The lowest BCUT2D eigenvalue weighted by Crippen LogP contribution is -2.15. The van der Waals surface area contributed by atoms with Crippen molar-refractivity contribution in [1.82, 2.24) is 4.98 Å². The summed E-state index contributed by atoms with van der Waals surface area (Å²) in [5.74, 6) is 0.775. The van der Waals surface area contributed by atoms with Crippen molar-refractivity contribution in [3.8, 4) is 11.8 Å². The van der Waals surface area contributed by atoms with E-state index in [1.165, 1.54) is 19.4 Å². The van der Waals surface area contributed by atoms with Gasteiger partial charge in [-0.15, -0.1) is 0 Å². The summed E-state index contributed by atoms with van der Waals surface area (Å²) in [6.07, 6.45) is 1.49. The molecule has 0 bridgehead atoms. The zero-order chi connectivity index (χ0) is 20.1. The van der Waals surface area contributed by atoms with Gasteiger partial charge in [-0.25, -0.2) is 13.4 Å². The highest BCUT2D eigenvalue weighted by atomic mass is 32.2. The fourth-order valence-electron chi connectivity index (χ4n) is 2.62. The van der Waals surface area contributed by atoms with Crippen LogP contribution in [0.4, 0.5) is 17.2 Å². The molecule has 1 aromatic heterocycles. The fourth-order valence-corrected chi connectivity index (χ4v) is 3.85. The minimum atomic E-state index is -3.78. The first-order chi connectivity index (χ1) is 13.4. The molecule has 3 rings (SSSR count). The Balaban J connectivity index is 1.78. The summed E-state index contributed by atoms with van der Waals surface area (Å²) in [5.41, 5.74) is 2.35. The van der Waals surface area contributed by atoms with Crippen molar-refractivity contribution in [3.05, 3.63) is 71.9 Å². The third kappa shape index (κ3) is 4.22. The summed E-state index contributed by atoms with van der Waals surface area (Å²) >= 11 is 0. The zero-order valence-corrected chi connectivity index (χ0v) is 16.1. The predicted octanol–water partition coefficient (Wildman–Crippen LogP) is 3.81. The van der Waals surface area contributed by atoms with Crippen molar-refractivity contribution in [1.29, 1.82) is 5.26 Å². The van der Waals surface area contributed by atoms with E-state index in [1.54, 1.807) is 49.4 Å². The SMILES string of the molecule is COc1ccc(S(=O)(=O)Nc2ccc(Nc3ccccc3C#N)cn2)c(C)c1. The van der Waals surface area contributed by atoms with E-state index in [0.29, 0.717) is 28.3 Å². The minimum absolute atomic E-state index is 0.153. The van der Waals surface area contributed by atoms with Gasteiger partial charge < -0.3 is 10.1 Å². The number of aryl methyl sites for hydroxylation is 1. The number of nitrogens with zero attached hydrogens (tertiary/aromatic N) is 2. The molecule has 142 valence electrons. The molecule has 0 aliphatic rings. The molecule has 0 radical (unpaired) electrons. The third-order valence-corrected chi connectivity index (χ3v) is 5.52. The Kier molecular flexibility index (Phi) is 5.47. The lowest BCUT2D eigenvalue weighted by atomic mass is 10.2. The third-order valence-electron chi connectivity index (χ3n) is 4.00. The second-order valence-electron chi connectivity index (χ2n) is 5.95. The summed E-state index contributed by atoms with van der Waals surface area (Å²) in [6.45, 7) is 1.70. The number of ether oxygens (including phenoxy) is 1. The molecule has 3 aromatic rings. The molecule has 28 heavy (non-hydrogen) atoms. The number of benzene rings is 2. The quantitative estimate of drug-likeness (QED) is 0.659. The van der Waals surface area contributed by atoms with E-state index >= 15 is 0 Å². The van der Waals surface area contributed by atoms with Gasteiger partial charge in [-0.1, -0.05) is 12.1 Å². The largest absolute Gasteiger partial charge is 0.497 e. The first-order valence-corrected chi connectivity index (χ1v) is 9.81. The van der Waals surface area contributed by atoms with Gasteiger partial charge in [0.2, 0.25) is 0 Å². The highest BCUT2D eigenvalue weighted by molar-refractivity contribution is 7.92. The van der Waals surface area contributed by atoms with Crippen LogP contribution in [-0.4, -0.2) is 20.5 Å². The normalized spacial score (nSPS) is 10.8. The van der Waals surface area contributed by atoms with Crippen LogP contribution in [0.1, 0.15) is 11.1 Å². The molecule has 0 saturated carbocycles. The number of nitrogens with one attached hydrogen (secondary N) is 2. The van der Waals surface area contributed by atoms with Gasteiger partial charge >= 0.3 is 0 Å². The van der Waals surface area contributed by atoms with Crippen LogP contribution in [0.3, 0.4) is 0 Å². The number of sulfonamides is 1. The lowest BCUT2D eigenvalue weighted by molar-refractivity contribution is 0.414. The van der Waals surface area contributed by atoms with Crippen molar-refractivity contribution < 1.29 is 13.2 Å². The van der Waals surface area contributed by atoms with Crippen LogP contribution in [0.15, 0.2) is 65.7 Å². The molecule has 0 unspecified atom stereocenters. The van der Waals surface area contributed by atoms with E-state index in [0.717, 1.165) is 0 Å². The Bertz CT molecular complexity index is 1140. The number of anilines is 3. The Morgan fingerprint density at radius 1 is 1.11 bits per heavy atom. The van der Waals surface area contributed by atoms with Crippen LogP contribution in [0.5, 0.6) is 5.75 Å². The smallest absolute Gasteiger partial charge is 0.263 e. The predicted molar refractivity (Wildman–Crippen MR) is 107 cm³/mol. The molecular weight excluding hydrogens is 376 g/mol. The lowest BCUT2D eigenvalue weighted by Gasteiger charge is -2.12.